The number of nitrogens with two attached hydrogens (primary N) is 1. The fourth-order valence-corrected chi connectivity index (χ4v) is 3.78. The average molecular weight is 284 g/mol. The summed E-state index contributed by atoms with van der Waals surface area (Å²) in [6.45, 7) is 3.34. The molecule has 1 saturated carbocycles. The number of nitrogens with zero attached hydrogens (tertiary/aromatic N) is 1. The van der Waals surface area contributed by atoms with Crippen molar-refractivity contribution in [2.24, 2.45) is 17.6 Å². The smallest absolute Gasteiger partial charge is 0.0495 e. The van der Waals surface area contributed by atoms with Crippen LogP contribution in [0.3, 0.4) is 0 Å². The van der Waals surface area contributed by atoms with Crippen molar-refractivity contribution in [2.45, 2.75) is 52.1 Å². The Morgan fingerprint density at radius 1 is 1.29 bits per heavy atom. The molecule has 0 aromatic heterocycles. The van der Waals surface area contributed by atoms with Gasteiger partial charge in [-0.1, -0.05) is 26.0 Å². The highest BCUT2D eigenvalue weighted by Gasteiger charge is 2.34. The van der Waals surface area contributed by atoms with E-state index in [0.717, 1.165) is 12.8 Å². The van der Waals surface area contributed by atoms with Crippen LogP contribution in [0.25, 0.3) is 6.08 Å². The van der Waals surface area contributed by atoms with Gasteiger partial charge in [0.1, 0.15) is 0 Å². The molecule has 1 heterocycles. The topological polar surface area (TPSA) is 29.3 Å². The second kappa shape index (κ2) is 4.88. The third-order valence-corrected chi connectivity index (χ3v) is 4.95. The fourth-order valence-electron chi connectivity index (χ4n) is 3.78. The molecule has 2 N–H and O–H groups in total. The van der Waals surface area contributed by atoms with Crippen molar-refractivity contribution in [3.05, 3.63) is 40.1 Å². The lowest BCUT2D eigenvalue weighted by Gasteiger charge is -2.34. The van der Waals surface area contributed by atoms with Crippen molar-refractivity contribution in [3.63, 3.8) is 0 Å². The van der Waals surface area contributed by atoms with Crippen molar-refractivity contribution in [3.8, 4) is 0 Å². The molecule has 1 unspecified atom stereocenters. The molecule has 112 valence electrons. The maximum Gasteiger partial charge on any atom is 0.0495 e. The number of benzene rings is 1. The standard InChI is InChI=1S/C19H26N2/c1-12(2)10-21-11-17-14(9-19(21)13-3-4-13)5-6-16-15(17)7-8-18(16)20/h5-6,9,12-13,18H,3-4,7-8,10-11,20H2,1-2H3/i10D2. The molecule has 0 amide bonds. The van der Waals surface area contributed by atoms with E-state index in [1.54, 1.807) is 0 Å². The van der Waals surface area contributed by atoms with Crippen LogP contribution in [0.4, 0.5) is 0 Å². The van der Waals surface area contributed by atoms with Gasteiger partial charge >= 0.3 is 0 Å². The van der Waals surface area contributed by atoms with Crippen molar-refractivity contribution >= 4 is 6.08 Å². The Morgan fingerprint density at radius 2 is 2.10 bits per heavy atom. The molecule has 3 aliphatic rings. The summed E-state index contributed by atoms with van der Waals surface area (Å²) in [6.07, 6.45) is 6.69. The lowest BCUT2D eigenvalue weighted by atomic mass is 9.92. The van der Waals surface area contributed by atoms with Crippen LogP contribution < -0.4 is 5.73 Å². The second-order valence-corrected chi connectivity index (χ2v) is 7.06. The minimum atomic E-state index is -1.31. The van der Waals surface area contributed by atoms with Crippen molar-refractivity contribution < 1.29 is 2.74 Å². The Labute approximate surface area is 130 Å². The van der Waals surface area contributed by atoms with Crippen molar-refractivity contribution in [2.75, 3.05) is 6.50 Å². The van der Waals surface area contributed by atoms with E-state index >= 15 is 0 Å². The summed E-state index contributed by atoms with van der Waals surface area (Å²) in [5.41, 5.74) is 12.7. The second-order valence-electron chi connectivity index (χ2n) is 7.06. The van der Waals surface area contributed by atoms with Gasteiger partial charge in [-0.15, -0.1) is 0 Å². The zero-order valence-corrected chi connectivity index (χ0v) is 13.0. The van der Waals surface area contributed by atoms with Gasteiger partial charge in [0.15, 0.2) is 0 Å². The van der Waals surface area contributed by atoms with Crippen LogP contribution >= 0.6 is 0 Å². The summed E-state index contributed by atoms with van der Waals surface area (Å²) < 4.78 is 17.3. The SMILES string of the molecule is [2H]C([2H])(C(C)C)N1Cc2c(ccc3c2CCC3N)C=C1C1CC1. The Morgan fingerprint density at radius 3 is 2.81 bits per heavy atom. The molecule has 1 fully saturated rings. The number of hydrogen-bond acceptors (Lipinski definition) is 2. The van der Waals surface area contributed by atoms with E-state index in [1.165, 1.54) is 40.8 Å². The number of fused-ring (bicyclic) bond motifs is 3. The summed E-state index contributed by atoms with van der Waals surface area (Å²) in [6, 6.07) is 4.54. The minimum absolute atomic E-state index is 0.0368. The van der Waals surface area contributed by atoms with E-state index in [4.69, 9.17) is 8.48 Å². The lowest BCUT2D eigenvalue weighted by molar-refractivity contribution is 0.281. The number of hydrogen-bond donors (Lipinski definition) is 1. The highest BCUT2D eigenvalue weighted by Crippen LogP contribution is 2.44. The Kier molecular flexibility index (Phi) is 2.63. The molecule has 1 atom stereocenters. The monoisotopic (exact) mass is 284 g/mol. The summed E-state index contributed by atoms with van der Waals surface area (Å²) >= 11 is 0. The molecule has 2 nitrogen and oxygen atoms in total. The van der Waals surface area contributed by atoms with Gasteiger partial charge in [-0.3, -0.25) is 0 Å². The van der Waals surface area contributed by atoms with E-state index in [2.05, 4.69) is 18.2 Å². The quantitative estimate of drug-likeness (QED) is 0.913. The molecular formula is C19H26N2. The molecule has 2 heteroatoms. The van der Waals surface area contributed by atoms with Crippen LogP contribution in [0.1, 0.15) is 64.1 Å². The van der Waals surface area contributed by atoms with Gasteiger partial charge in [-0.05, 0) is 65.8 Å². The van der Waals surface area contributed by atoms with Gasteiger partial charge < -0.3 is 10.6 Å². The first-order valence-corrected chi connectivity index (χ1v) is 8.29. The van der Waals surface area contributed by atoms with Gasteiger partial charge in [-0.2, -0.15) is 0 Å². The van der Waals surface area contributed by atoms with Crippen molar-refractivity contribution in [1.29, 1.82) is 0 Å². The van der Waals surface area contributed by atoms with E-state index in [0.29, 0.717) is 12.5 Å². The highest BCUT2D eigenvalue weighted by molar-refractivity contribution is 5.64. The van der Waals surface area contributed by atoms with Crippen molar-refractivity contribution in [1.82, 2.24) is 4.90 Å². The Hall–Kier alpha value is -1.28. The lowest BCUT2D eigenvalue weighted by Crippen LogP contribution is -2.31. The Bertz CT molecular complexity index is 674. The number of allylic oxidation sites excluding steroid dienone is 1. The molecular weight excluding hydrogens is 256 g/mol. The van der Waals surface area contributed by atoms with E-state index in [9.17, 15) is 0 Å². The van der Waals surface area contributed by atoms with Crippen LogP contribution in [-0.4, -0.2) is 11.4 Å². The van der Waals surface area contributed by atoms with Gasteiger partial charge in [0.05, 0.1) is 0 Å². The predicted molar refractivity (Wildman–Crippen MR) is 87.6 cm³/mol. The zero-order chi connectivity index (χ0) is 16.4. The molecule has 4 rings (SSSR count). The van der Waals surface area contributed by atoms with Gasteiger partial charge in [0.25, 0.3) is 0 Å². The van der Waals surface area contributed by atoms with E-state index < -0.39 is 6.50 Å². The zero-order valence-electron chi connectivity index (χ0n) is 15.0. The molecule has 0 spiro atoms. The maximum atomic E-state index is 8.63. The van der Waals surface area contributed by atoms with Gasteiger partial charge in [-0.25, -0.2) is 0 Å². The molecule has 0 bridgehead atoms. The molecule has 0 saturated heterocycles. The first-order valence-electron chi connectivity index (χ1n) is 9.29. The summed E-state index contributed by atoms with van der Waals surface area (Å²) in [7, 11) is 0. The largest absolute Gasteiger partial charge is 0.370 e. The van der Waals surface area contributed by atoms with Crippen LogP contribution in [-0.2, 0) is 13.0 Å². The van der Waals surface area contributed by atoms with Crippen LogP contribution in [0.15, 0.2) is 17.8 Å². The third-order valence-electron chi connectivity index (χ3n) is 4.95. The average Bonchev–Trinajstić information content (AvgIpc) is 3.29. The van der Waals surface area contributed by atoms with Gasteiger partial charge in [0.2, 0.25) is 0 Å². The normalized spacial score (nSPS) is 26.2. The summed E-state index contributed by atoms with van der Waals surface area (Å²) in [4.78, 5) is 2.04. The highest BCUT2D eigenvalue weighted by atomic mass is 15.1. The first kappa shape index (κ1) is 11.3. The van der Waals surface area contributed by atoms with E-state index in [-0.39, 0.29) is 12.0 Å². The number of rotatable bonds is 3. The Balaban J connectivity index is 1.81. The first-order chi connectivity index (χ1) is 10.9. The van der Waals surface area contributed by atoms with Gasteiger partial charge in [0, 0.05) is 27.5 Å². The molecule has 0 radical (unpaired) electrons. The molecule has 1 aliphatic heterocycles. The van der Waals surface area contributed by atoms with Crippen LogP contribution in [0.2, 0.25) is 0 Å². The maximum absolute atomic E-state index is 8.63. The van der Waals surface area contributed by atoms with Crippen LogP contribution in [0, 0.1) is 11.8 Å². The third kappa shape index (κ3) is 2.30. The summed E-state index contributed by atoms with van der Waals surface area (Å²) in [5.74, 6) is 0.512. The molecule has 1 aromatic rings. The molecule has 21 heavy (non-hydrogen) atoms. The van der Waals surface area contributed by atoms with Crippen LogP contribution in [0.5, 0.6) is 0 Å². The predicted octanol–water partition coefficient (Wildman–Crippen LogP) is 3.86. The summed E-state index contributed by atoms with van der Waals surface area (Å²) in [5, 5.41) is 0. The minimum Gasteiger partial charge on any atom is -0.370 e. The molecule has 1 aromatic carbocycles. The van der Waals surface area contributed by atoms with E-state index in [1.807, 2.05) is 18.7 Å². The fraction of sp³-hybridized carbons (Fsp3) is 0.579. The molecule has 2 aliphatic carbocycles.